The Hall–Kier alpha value is -1.59. The number of thioether (sulfide) groups is 1. The van der Waals surface area contributed by atoms with Gasteiger partial charge in [-0.2, -0.15) is 0 Å². The third-order valence-electron chi connectivity index (χ3n) is 5.09. The van der Waals surface area contributed by atoms with Crippen LogP contribution >= 0.6 is 11.8 Å². The van der Waals surface area contributed by atoms with Crippen LogP contribution in [0, 0.1) is 11.6 Å². The highest BCUT2D eigenvalue weighted by Gasteiger charge is 2.24. The van der Waals surface area contributed by atoms with Gasteiger partial charge in [0.15, 0.2) is 0 Å². The first-order valence-electron chi connectivity index (χ1n) is 8.91. The zero-order chi connectivity index (χ0) is 17.2. The first-order chi connectivity index (χ1) is 12.2. The van der Waals surface area contributed by atoms with Crippen LogP contribution in [0.25, 0.3) is 0 Å². The molecule has 0 bridgehead atoms. The summed E-state index contributed by atoms with van der Waals surface area (Å²) in [4.78, 5) is 3.00. The molecule has 5 heteroatoms. The fourth-order valence-corrected chi connectivity index (χ4v) is 4.94. The molecule has 0 amide bonds. The molecular formula is C20H22F2N2S. The van der Waals surface area contributed by atoms with E-state index in [1.807, 2.05) is 12.1 Å². The molecule has 0 radical (unpaired) electrons. The molecule has 2 aliphatic rings. The number of fused-ring (bicyclic) bond motifs is 1. The number of anilines is 1. The summed E-state index contributed by atoms with van der Waals surface area (Å²) in [5.41, 5.74) is 2.71. The first-order valence-corrected chi connectivity index (χ1v) is 9.89. The topological polar surface area (TPSA) is 15.3 Å². The fraction of sp³-hybridized carbons (Fsp3) is 0.400. The molecule has 2 aromatic rings. The number of rotatable bonds is 4. The fourth-order valence-electron chi connectivity index (χ4n) is 3.80. The minimum atomic E-state index is -0.165. The summed E-state index contributed by atoms with van der Waals surface area (Å²) in [5, 5.41) is 3.48. The van der Waals surface area contributed by atoms with E-state index in [1.165, 1.54) is 12.1 Å². The number of hydrogen-bond acceptors (Lipinski definition) is 3. The highest BCUT2D eigenvalue weighted by molar-refractivity contribution is 7.99. The second-order valence-electron chi connectivity index (χ2n) is 6.66. The molecule has 1 unspecified atom stereocenters. The van der Waals surface area contributed by atoms with Crippen LogP contribution in [0.15, 0.2) is 41.3 Å². The van der Waals surface area contributed by atoms with Gasteiger partial charge in [-0.3, -0.25) is 0 Å². The van der Waals surface area contributed by atoms with E-state index in [2.05, 4.69) is 10.2 Å². The average molecular weight is 360 g/mol. The quantitative estimate of drug-likeness (QED) is 0.836. The van der Waals surface area contributed by atoms with Crippen molar-refractivity contribution in [3.05, 3.63) is 59.2 Å². The zero-order valence-electron chi connectivity index (χ0n) is 14.1. The molecule has 2 nitrogen and oxygen atoms in total. The van der Waals surface area contributed by atoms with Crippen molar-refractivity contribution in [1.82, 2.24) is 5.32 Å². The number of nitrogens with zero attached hydrogens (tertiary/aromatic N) is 1. The van der Waals surface area contributed by atoms with Crippen molar-refractivity contribution >= 4 is 17.4 Å². The maximum atomic E-state index is 14.5. The van der Waals surface area contributed by atoms with Gasteiger partial charge in [-0.05, 0) is 48.8 Å². The Kier molecular flexibility index (Phi) is 4.95. The van der Waals surface area contributed by atoms with Crippen LogP contribution in [0.4, 0.5) is 14.5 Å². The Morgan fingerprint density at radius 3 is 2.64 bits per heavy atom. The average Bonchev–Trinajstić information content (AvgIpc) is 3.15. The third kappa shape index (κ3) is 3.40. The summed E-state index contributed by atoms with van der Waals surface area (Å²) in [5.74, 6) is 0.557. The van der Waals surface area contributed by atoms with Crippen LogP contribution in [-0.2, 0) is 6.54 Å². The molecule has 1 N–H and O–H groups in total. The van der Waals surface area contributed by atoms with Crippen LogP contribution < -0.4 is 10.2 Å². The van der Waals surface area contributed by atoms with Crippen molar-refractivity contribution < 1.29 is 8.78 Å². The van der Waals surface area contributed by atoms with Crippen molar-refractivity contribution in [1.29, 1.82) is 0 Å². The van der Waals surface area contributed by atoms with Crippen LogP contribution in [0.5, 0.6) is 0 Å². The van der Waals surface area contributed by atoms with E-state index in [0.29, 0.717) is 6.54 Å². The standard InChI is InChI=1S/C20H22F2N2S/c21-16-6-4-8-19(24-10-1-2-11-24)15(16)13-23-18-9-12-25-20-14(18)5-3-7-17(20)22/h3-8,18,23H,1-2,9-13H2. The molecule has 25 heavy (non-hydrogen) atoms. The molecule has 0 aliphatic carbocycles. The normalized spacial score (nSPS) is 19.9. The Bertz CT molecular complexity index is 759. The molecule has 0 saturated carbocycles. The van der Waals surface area contributed by atoms with Gasteiger partial charge in [-0.1, -0.05) is 18.2 Å². The summed E-state index contributed by atoms with van der Waals surface area (Å²) in [7, 11) is 0. The number of hydrogen-bond donors (Lipinski definition) is 1. The van der Waals surface area contributed by atoms with Gasteiger partial charge in [0.2, 0.25) is 0 Å². The van der Waals surface area contributed by atoms with Gasteiger partial charge in [0.25, 0.3) is 0 Å². The summed E-state index contributed by atoms with van der Waals surface area (Å²) >= 11 is 1.57. The lowest BCUT2D eigenvalue weighted by molar-refractivity contribution is 0.486. The molecule has 4 rings (SSSR count). The highest BCUT2D eigenvalue weighted by atomic mass is 32.2. The van der Waals surface area contributed by atoms with Crippen molar-refractivity contribution in [2.24, 2.45) is 0 Å². The van der Waals surface area contributed by atoms with Gasteiger partial charge in [0, 0.05) is 41.8 Å². The van der Waals surface area contributed by atoms with Gasteiger partial charge < -0.3 is 10.2 Å². The molecule has 1 atom stereocenters. The molecule has 0 aromatic heterocycles. The largest absolute Gasteiger partial charge is 0.371 e. The lowest BCUT2D eigenvalue weighted by Gasteiger charge is -2.28. The van der Waals surface area contributed by atoms with Crippen LogP contribution in [0.3, 0.4) is 0 Å². The van der Waals surface area contributed by atoms with Crippen LogP contribution in [0.2, 0.25) is 0 Å². The van der Waals surface area contributed by atoms with Gasteiger partial charge in [-0.15, -0.1) is 11.8 Å². The third-order valence-corrected chi connectivity index (χ3v) is 6.25. The summed E-state index contributed by atoms with van der Waals surface area (Å²) in [6.07, 6.45) is 3.25. The van der Waals surface area contributed by atoms with E-state index in [1.54, 1.807) is 23.9 Å². The van der Waals surface area contributed by atoms with E-state index in [0.717, 1.165) is 59.8 Å². The Morgan fingerprint density at radius 2 is 1.80 bits per heavy atom. The summed E-state index contributed by atoms with van der Waals surface area (Å²) in [6.45, 7) is 2.44. The summed E-state index contributed by atoms with van der Waals surface area (Å²) in [6, 6.07) is 10.6. The lowest BCUT2D eigenvalue weighted by Crippen LogP contribution is -2.27. The minimum Gasteiger partial charge on any atom is -0.371 e. The molecular weight excluding hydrogens is 338 g/mol. The van der Waals surface area contributed by atoms with Crippen molar-refractivity contribution in [2.75, 3.05) is 23.7 Å². The monoisotopic (exact) mass is 360 g/mol. The minimum absolute atomic E-state index is 0.0676. The second kappa shape index (κ2) is 7.34. The first kappa shape index (κ1) is 16.9. The van der Waals surface area contributed by atoms with Gasteiger partial charge in [0.05, 0.1) is 0 Å². The zero-order valence-corrected chi connectivity index (χ0v) is 14.9. The SMILES string of the molecule is Fc1cccc(N2CCCC2)c1CNC1CCSc2c(F)cccc21. The number of benzene rings is 2. The van der Waals surface area contributed by atoms with E-state index in [-0.39, 0.29) is 17.7 Å². The second-order valence-corrected chi connectivity index (χ2v) is 7.77. The number of nitrogens with one attached hydrogen (secondary N) is 1. The van der Waals surface area contributed by atoms with Gasteiger partial charge in [-0.25, -0.2) is 8.78 Å². The van der Waals surface area contributed by atoms with E-state index in [9.17, 15) is 8.78 Å². The van der Waals surface area contributed by atoms with E-state index in [4.69, 9.17) is 0 Å². The predicted molar refractivity (Wildman–Crippen MR) is 99.2 cm³/mol. The smallest absolute Gasteiger partial charge is 0.137 e. The van der Waals surface area contributed by atoms with Crippen molar-refractivity contribution in [2.45, 2.75) is 36.7 Å². The Balaban J connectivity index is 1.56. The van der Waals surface area contributed by atoms with Crippen LogP contribution in [0.1, 0.15) is 36.4 Å². The lowest BCUT2D eigenvalue weighted by atomic mass is 10.0. The van der Waals surface area contributed by atoms with E-state index < -0.39 is 0 Å². The predicted octanol–water partition coefficient (Wildman–Crippen LogP) is 4.89. The molecule has 2 aromatic carbocycles. The maximum Gasteiger partial charge on any atom is 0.137 e. The highest BCUT2D eigenvalue weighted by Crippen LogP contribution is 2.38. The number of halogens is 2. The van der Waals surface area contributed by atoms with E-state index >= 15 is 0 Å². The maximum absolute atomic E-state index is 14.5. The van der Waals surface area contributed by atoms with Gasteiger partial charge >= 0.3 is 0 Å². The Labute approximate surface area is 151 Å². The Morgan fingerprint density at radius 1 is 1.04 bits per heavy atom. The van der Waals surface area contributed by atoms with Crippen LogP contribution in [-0.4, -0.2) is 18.8 Å². The molecule has 1 saturated heterocycles. The molecule has 132 valence electrons. The van der Waals surface area contributed by atoms with Crippen molar-refractivity contribution in [3.8, 4) is 0 Å². The van der Waals surface area contributed by atoms with Crippen molar-refractivity contribution in [3.63, 3.8) is 0 Å². The molecule has 2 aliphatic heterocycles. The van der Waals surface area contributed by atoms with Gasteiger partial charge in [0.1, 0.15) is 11.6 Å². The molecule has 1 fully saturated rings. The summed E-state index contributed by atoms with van der Waals surface area (Å²) < 4.78 is 28.5. The molecule has 2 heterocycles. The molecule has 0 spiro atoms.